The fourth-order valence-electron chi connectivity index (χ4n) is 3.47. The predicted octanol–water partition coefficient (Wildman–Crippen LogP) is 1.74. The molecule has 1 N–H and O–H groups in total. The average molecular weight is 291 g/mol. The van der Waals surface area contributed by atoms with Crippen molar-refractivity contribution in [2.24, 2.45) is 0 Å². The summed E-state index contributed by atoms with van der Waals surface area (Å²) in [6, 6.07) is 7.09. The smallest absolute Gasteiger partial charge is 0.238 e. The summed E-state index contributed by atoms with van der Waals surface area (Å²) < 4.78 is 14.0. The second-order valence-electron chi connectivity index (χ2n) is 5.78. The van der Waals surface area contributed by atoms with Gasteiger partial charge in [-0.15, -0.1) is 0 Å². The molecule has 2 aliphatic heterocycles. The second kappa shape index (κ2) is 6.12. The topological polar surface area (TPSA) is 35.6 Å². The van der Waals surface area contributed by atoms with E-state index >= 15 is 0 Å². The maximum atomic E-state index is 14.0. The van der Waals surface area contributed by atoms with Crippen molar-refractivity contribution in [3.63, 3.8) is 0 Å². The Labute approximate surface area is 124 Å². The van der Waals surface area contributed by atoms with Crippen LogP contribution >= 0.6 is 0 Å². The van der Waals surface area contributed by atoms with E-state index in [1.54, 1.807) is 17.0 Å². The van der Waals surface area contributed by atoms with E-state index in [1.165, 1.54) is 12.5 Å². The zero-order chi connectivity index (χ0) is 14.8. The van der Waals surface area contributed by atoms with E-state index in [4.69, 9.17) is 0 Å². The average Bonchev–Trinajstić information content (AvgIpc) is 3.08. The van der Waals surface area contributed by atoms with Crippen molar-refractivity contribution in [1.29, 1.82) is 0 Å². The Morgan fingerprint density at radius 3 is 2.95 bits per heavy atom. The van der Waals surface area contributed by atoms with E-state index in [-0.39, 0.29) is 24.4 Å². The number of halogens is 1. The molecule has 2 atom stereocenters. The Morgan fingerprint density at radius 1 is 1.38 bits per heavy atom. The van der Waals surface area contributed by atoms with Crippen molar-refractivity contribution in [3.8, 4) is 0 Å². The fourth-order valence-corrected chi connectivity index (χ4v) is 3.47. The Balaban J connectivity index is 1.78. The third kappa shape index (κ3) is 2.80. The van der Waals surface area contributed by atoms with Crippen molar-refractivity contribution >= 4 is 5.91 Å². The number of carbonyl (C=O) groups is 1. The van der Waals surface area contributed by atoms with Gasteiger partial charge in [0.15, 0.2) is 0 Å². The number of hydrogen-bond acceptors (Lipinski definition) is 3. The molecule has 1 aromatic carbocycles. The molecule has 4 nitrogen and oxygen atoms in total. The minimum atomic E-state index is -0.335. The first-order valence-electron chi connectivity index (χ1n) is 7.72. The molecule has 21 heavy (non-hydrogen) atoms. The normalized spacial score (nSPS) is 26.8. The van der Waals surface area contributed by atoms with Crippen LogP contribution in [0.5, 0.6) is 0 Å². The molecule has 1 amide bonds. The number of likely N-dealkylation sites (tertiary alicyclic amines) is 1. The minimum Gasteiger partial charge on any atom is -0.320 e. The lowest BCUT2D eigenvalue weighted by Crippen LogP contribution is -2.42. The molecule has 0 spiro atoms. The van der Waals surface area contributed by atoms with Gasteiger partial charge in [-0.1, -0.05) is 25.1 Å². The molecule has 114 valence electrons. The Kier molecular flexibility index (Phi) is 4.22. The lowest BCUT2D eigenvalue weighted by Gasteiger charge is -2.31. The van der Waals surface area contributed by atoms with E-state index in [0.717, 1.165) is 19.5 Å². The molecule has 0 bridgehead atoms. The van der Waals surface area contributed by atoms with Crippen LogP contribution < -0.4 is 5.32 Å². The molecule has 5 heteroatoms. The number of amides is 1. The van der Waals surface area contributed by atoms with Gasteiger partial charge in [-0.3, -0.25) is 15.0 Å². The fraction of sp³-hybridized carbons (Fsp3) is 0.562. The van der Waals surface area contributed by atoms with Gasteiger partial charge in [0.2, 0.25) is 5.91 Å². The van der Waals surface area contributed by atoms with Crippen LogP contribution in [0.25, 0.3) is 0 Å². The van der Waals surface area contributed by atoms with E-state index in [2.05, 4.69) is 17.1 Å². The zero-order valence-electron chi connectivity index (χ0n) is 12.4. The zero-order valence-corrected chi connectivity index (χ0v) is 12.4. The summed E-state index contributed by atoms with van der Waals surface area (Å²) in [4.78, 5) is 16.4. The Morgan fingerprint density at radius 2 is 2.19 bits per heavy atom. The van der Waals surface area contributed by atoms with E-state index in [9.17, 15) is 9.18 Å². The van der Waals surface area contributed by atoms with Gasteiger partial charge in [0.25, 0.3) is 0 Å². The molecule has 0 saturated carbocycles. The van der Waals surface area contributed by atoms with Gasteiger partial charge in [-0.2, -0.15) is 0 Å². The van der Waals surface area contributed by atoms with E-state index < -0.39 is 0 Å². The van der Waals surface area contributed by atoms with Crippen LogP contribution in [0.1, 0.15) is 31.5 Å². The maximum Gasteiger partial charge on any atom is 0.238 e. The molecule has 3 rings (SSSR count). The summed E-state index contributed by atoms with van der Waals surface area (Å²) in [6.07, 6.45) is 1.96. The van der Waals surface area contributed by atoms with Crippen LogP contribution in [-0.2, 0) is 4.79 Å². The standard InChI is InChI=1S/C16H22FN3O/c1-2-19-9-5-6-12(19)11-20-15(21)10-18-16(20)13-7-3-4-8-14(13)17/h3-4,7-8,12,16,18H,2,5-6,9-11H2,1H3. The molecule has 0 radical (unpaired) electrons. The predicted molar refractivity (Wildman–Crippen MR) is 79.1 cm³/mol. The molecule has 2 fully saturated rings. The van der Waals surface area contributed by atoms with Crippen LogP contribution in [0.15, 0.2) is 24.3 Å². The third-order valence-corrected chi connectivity index (χ3v) is 4.59. The van der Waals surface area contributed by atoms with Crippen molar-refractivity contribution < 1.29 is 9.18 Å². The monoisotopic (exact) mass is 291 g/mol. The summed E-state index contributed by atoms with van der Waals surface area (Å²) in [6.45, 7) is 5.22. The highest BCUT2D eigenvalue weighted by atomic mass is 19.1. The largest absolute Gasteiger partial charge is 0.320 e. The van der Waals surface area contributed by atoms with Crippen LogP contribution in [-0.4, -0.2) is 47.9 Å². The van der Waals surface area contributed by atoms with Crippen molar-refractivity contribution in [2.45, 2.75) is 32.0 Å². The summed E-state index contributed by atoms with van der Waals surface area (Å²) in [7, 11) is 0. The highest BCUT2D eigenvalue weighted by molar-refractivity contribution is 5.81. The van der Waals surface area contributed by atoms with Crippen LogP contribution in [0.2, 0.25) is 0 Å². The van der Waals surface area contributed by atoms with Crippen LogP contribution in [0, 0.1) is 5.82 Å². The van der Waals surface area contributed by atoms with Gasteiger partial charge in [0.05, 0.1) is 6.54 Å². The van der Waals surface area contributed by atoms with Gasteiger partial charge in [-0.05, 0) is 32.0 Å². The van der Waals surface area contributed by atoms with Gasteiger partial charge >= 0.3 is 0 Å². The Bertz CT molecular complexity index is 522. The number of carbonyl (C=O) groups excluding carboxylic acids is 1. The highest BCUT2D eigenvalue weighted by Crippen LogP contribution is 2.27. The molecule has 2 saturated heterocycles. The SMILES string of the molecule is CCN1CCCC1CN1C(=O)CNC1c1ccccc1F. The van der Waals surface area contributed by atoms with Gasteiger partial charge in [0, 0.05) is 18.2 Å². The van der Waals surface area contributed by atoms with E-state index in [1.807, 2.05) is 6.07 Å². The van der Waals surface area contributed by atoms with Gasteiger partial charge in [-0.25, -0.2) is 4.39 Å². The minimum absolute atomic E-state index is 0.0613. The molecule has 2 heterocycles. The summed E-state index contributed by atoms with van der Waals surface area (Å²) in [5.74, 6) is -0.195. The molecule has 0 aromatic heterocycles. The van der Waals surface area contributed by atoms with Gasteiger partial charge < -0.3 is 4.90 Å². The summed E-state index contributed by atoms with van der Waals surface area (Å²) in [5, 5.41) is 3.14. The molecule has 2 aliphatic rings. The van der Waals surface area contributed by atoms with Crippen LogP contribution in [0.3, 0.4) is 0 Å². The molecular formula is C16H22FN3O. The number of hydrogen-bond donors (Lipinski definition) is 1. The maximum absolute atomic E-state index is 14.0. The highest BCUT2D eigenvalue weighted by Gasteiger charge is 2.36. The molecule has 2 unspecified atom stereocenters. The van der Waals surface area contributed by atoms with Gasteiger partial charge in [0.1, 0.15) is 12.0 Å². The molecule has 0 aliphatic carbocycles. The molecule has 1 aromatic rings. The quantitative estimate of drug-likeness (QED) is 0.918. The third-order valence-electron chi connectivity index (χ3n) is 4.59. The lowest BCUT2D eigenvalue weighted by molar-refractivity contribution is -0.128. The summed E-state index contributed by atoms with van der Waals surface area (Å²) in [5.41, 5.74) is 0.560. The molecular weight excluding hydrogens is 269 g/mol. The lowest BCUT2D eigenvalue weighted by atomic mass is 10.1. The number of benzene rings is 1. The first-order chi connectivity index (χ1) is 10.2. The number of likely N-dealkylation sites (N-methyl/N-ethyl adjacent to an activating group) is 1. The Hall–Kier alpha value is -1.46. The number of nitrogens with zero attached hydrogens (tertiary/aromatic N) is 2. The number of nitrogens with one attached hydrogen (secondary N) is 1. The van der Waals surface area contributed by atoms with E-state index in [0.29, 0.717) is 18.2 Å². The van der Waals surface area contributed by atoms with Crippen molar-refractivity contribution in [1.82, 2.24) is 15.1 Å². The van der Waals surface area contributed by atoms with Crippen molar-refractivity contribution in [2.75, 3.05) is 26.2 Å². The van der Waals surface area contributed by atoms with Crippen LogP contribution in [0.4, 0.5) is 4.39 Å². The van der Waals surface area contributed by atoms with Crippen molar-refractivity contribution in [3.05, 3.63) is 35.6 Å². The second-order valence-corrected chi connectivity index (χ2v) is 5.78. The number of rotatable bonds is 4. The summed E-state index contributed by atoms with van der Waals surface area (Å²) >= 11 is 0. The first kappa shape index (κ1) is 14.5. The first-order valence-corrected chi connectivity index (χ1v) is 7.72.